The maximum atomic E-state index is 4.79. The molecule has 0 aromatic carbocycles. The van der Waals surface area contributed by atoms with Crippen LogP contribution in [-0.4, -0.2) is 52.7 Å². The minimum atomic E-state index is 0.674. The summed E-state index contributed by atoms with van der Waals surface area (Å²) < 4.78 is 2.01. The van der Waals surface area contributed by atoms with Gasteiger partial charge in [-0.1, -0.05) is 6.92 Å². The van der Waals surface area contributed by atoms with E-state index in [1.807, 2.05) is 4.52 Å². The zero-order valence-electron chi connectivity index (χ0n) is 12.9. The van der Waals surface area contributed by atoms with Crippen LogP contribution in [0.4, 0.5) is 5.69 Å². The summed E-state index contributed by atoms with van der Waals surface area (Å²) in [6, 6.07) is 2.30. The molecule has 112 valence electrons. The number of nitrogens with zero attached hydrogens (tertiary/aromatic N) is 5. The second-order valence-corrected chi connectivity index (χ2v) is 6.37. The first-order valence-corrected chi connectivity index (χ1v) is 8.07. The third kappa shape index (κ3) is 2.39. The summed E-state index contributed by atoms with van der Waals surface area (Å²) in [6.45, 7) is 6.55. The number of imidazole rings is 1. The molecule has 0 spiro atoms. The van der Waals surface area contributed by atoms with E-state index in [4.69, 9.17) is 10.1 Å². The fourth-order valence-electron chi connectivity index (χ4n) is 3.06. The van der Waals surface area contributed by atoms with E-state index < -0.39 is 0 Å². The van der Waals surface area contributed by atoms with E-state index in [1.54, 1.807) is 0 Å². The number of hydrogen-bond acceptors (Lipinski definition) is 4. The molecule has 5 heteroatoms. The van der Waals surface area contributed by atoms with Crippen molar-refractivity contribution < 1.29 is 0 Å². The molecule has 0 bridgehead atoms. The average Bonchev–Trinajstić information content (AvgIpc) is 3.26. The Kier molecular flexibility index (Phi) is 3.10. The Morgan fingerprint density at radius 1 is 1.19 bits per heavy atom. The van der Waals surface area contributed by atoms with E-state index in [-0.39, 0.29) is 0 Å². The number of anilines is 1. The van der Waals surface area contributed by atoms with Crippen molar-refractivity contribution in [1.29, 1.82) is 0 Å². The standard InChI is InChI=1S/C16H23N5/c1-3-13-11-21-16(17-13)15(10-14(18-21)12-4-5-12)20-8-6-19(2)7-9-20/h10-12H,3-9H2,1-2H3. The van der Waals surface area contributed by atoms with Gasteiger partial charge in [-0.05, 0) is 32.4 Å². The van der Waals surface area contributed by atoms with Gasteiger partial charge in [0.15, 0.2) is 5.65 Å². The first-order chi connectivity index (χ1) is 10.2. The van der Waals surface area contributed by atoms with Gasteiger partial charge in [0.1, 0.15) is 0 Å². The van der Waals surface area contributed by atoms with Crippen molar-refractivity contribution in [2.75, 3.05) is 38.1 Å². The van der Waals surface area contributed by atoms with Crippen LogP contribution in [0.5, 0.6) is 0 Å². The van der Waals surface area contributed by atoms with Crippen LogP contribution in [0.2, 0.25) is 0 Å². The summed E-state index contributed by atoms with van der Waals surface area (Å²) in [7, 11) is 2.19. The van der Waals surface area contributed by atoms with E-state index in [2.05, 4.69) is 36.0 Å². The lowest BCUT2D eigenvalue weighted by Gasteiger charge is -2.34. The molecule has 21 heavy (non-hydrogen) atoms. The van der Waals surface area contributed by atoms with Gasteiger partial charge in [-0.3, -0.25) is 0 Å². The number of rotatable bonds is 3. The van der Waals surface area contributed by atoms with Gasteiger partial charge >= 0.3 is 0 Å². The molecule has 0 atom stereocenters. The van der Waals surface area contributed by atoms with E-state index in [0.717, 1.165) is 43.9 Å². The van der Waals surface area contributed by atoms with E-state index in [9.17, 15) is 0 Å². The third-order valence-electron chi connectivity index (χ3n) is 4.68. The van der Waals surface area contributed by atoms with Crippen LogP contribution in [0.25, 0.3) is 5.65 Å². The third-order valence-corrected chi connectivity index (χ3v) is 4.68. The highest BCUT2D eigenvalue weighted by Crippen LogP contribution is 2.40. The molecule has 3 heterocycles. The minimum Gasteiger partial charge on any atom is -0.366 e. The molecule has 1 saturated carbocycles. The van der Waals surface area contributed by atoms with Crippen molar-refractivity contribution in [2.45, 2.75) is 32.1 Å². The van der Waals surface area contributed by atoms with Crippen molar-refractivity contribution >= 4 is 11.3 Å². The van der Waals surface area contributed by atoms with Gasteiger partial charge in [0.25, 0.3) is 0 Å². The molecule has 2 aromatic rings. The van der Waals surface area contributed by atoms with Gasteiger partial charge < -0.3 is 9.80 Å². The largest absolute Gasteiger partial charge is 0.366 e. The van der Waals surface area contributed by atoms with Crippen molar-refractivity contribution in [3.8, 4) is 0 Å². The zero-order chi connectivity index (χ0) is 14.4. The Balaban J connectivity index is 1.78. The van der Waals surface area contributed by atoms with Crippen LogP contribution >= 0.6 is 0 Å². The van der Waals surface area contributed by atoms with E-state index >= 15 is 0 Å². The van der Waals surface area contributed by atoms with Gasteiger partial charge in [0.05, 0.1) is 23.3 Å². The summed E-state index contributed by atoms with van der Waals surface area (Å²) in [5, 5.41) is 4.79. The highest BCUT2D eigenvalue weighted by atomic mass is 15.3. The van der Waals surface area contributed by atoms with Crippen LogP contribution in [0.1, 0.15) is 37.1 Å². The summed E-state index contributed by atoms with van der Waals surface area (Å²) in [6.07, 6.45) is 5.64. The van der Waals surface area contributed by atoms with Crippen LogP contribution in [0, 0.1) is 0 Å². The second-order valence-electron chi connectivity index (χ2n) is 6.37. The lowest BCUT2D eigenvalue weighted by atomic mass is 10.2. The van der Waals surface area contributed by atoms with Crippen LogP contribution in [-0.2, 0) is 6.42 Å². The first-order valence-electron chi connectivity index (χ1n) is 8.07. The number of likely N-dealkylation sites (N-methyl/N-ethyl adjacent to an activating group) is 1. The molecule has 0 N–H and O–H groups in total. The number of fused-ring (bicyclic) bond motifs is 1. The molecular weight excluding hydrogens is 262 g/mol. The molecule has 1 aliphatic heterocycles. The Morgan fingerprint density at radius 3 is 2.62 bits per heavy atom. The number of aryl methyl sites for hydroxylation is 1. The number of hydrogen-bond donors (Lipinski definition) is 0. The van der Waals surface area contributed by atoms with Crippen LogP contribution in [0.3, 0.4) is 0 Å². The first kappa shape index (κ1) is 13.1. The summed E-state index contributed by atoms with van der Waals surface area (Å²) in [4.78, 5) is 9.66. The Bertz CT molecular complexity index is 650. The normalized spacial score (nSPS) is 20.4. The van der Waals surface area contributed by atoms with Crippen LogP contribution in [0.15, 0.2) is 12.3 Å². The molecule has 0 amide bonds. The number of piperazine rings is 1. The molecule has 1 saturated heterocycles. The van der Waals surface area contributed by atoms with Gasteiger partial charge in [0, 0.05) is 32.1 Å². The topological polar surface area (TPSA) is 36.7 Å². The SMILES string of the molecule is CCc1cn2nc(C3CC3)cc(N3CCN(C)CC3)c2n1. The smallest absolute Gasteiger partial charge is 0.177 e. The second kappa shape index (κ2) is 4.98. The van der Waals surface area contributed by atoms with Gasteiger partial charge in [-0.15, -0.1) is 0 Å². The van der Waals surface area contributed by atoms with E-state index in [0.29, 0.717) is 5.92 Å². The monoisotopic (exact) mass is 285 g/mol. The maximum Gasteiger partial charge on any atom is 0.177 e. The fraction of sp³-hybridized carbons (Fsp3) is 0.625. The molecule has 0 unspecified atom stereocenters. The zero-order valence-corrected chi connectivity index (χ0v) is 12.9. The summed E-state index contributed by atoms with van der Waals surface area (Å²) in [5.74, 6) is 0.674. The predicted molar refractivity (Wildman–Crippen MR) is 84.1 cm³/mol. The van der Waals surface area contributed by atoms with E-state index in [1.165, 1.54) is 24.2 Å². The highest BCUT2D eigenvalue weighted by Gasteiger charge is 2.28. The molecule has 1 aliphatic carbocycles. The van der Waals surface area contributed by atoms with Crippen molar-refractivity contribution in [2.24, 2.45) is 0 Å². The lowest BCUT2D eigenvalue weighted by molar-refractivity contribution is 0.313. The number of aromatic nitrogens is 3. The summed E-state index contributed by atoms with van der Waals surface area (Å²) >= 11 is 0. The quantitative estimate of drug-likeness (QED) is 0.863. The Hall–Kier alpha value is -1.62. The van der Waals surface area contributed by atoms with Crippen LogP contribution < -0.4 is 4.90 Å². The minimum absolute atomic E-state index is 0.674. The molecule has 5 nitrogen and oxygen atoms in total. The molecule has 2 fully saturated rings. The molecule has 2 aliphatic rings. The lowest BCUT2D eigenvalue weighted by Crippen LogP contribution is -2.44. The average molecular weight is 285 g/mol. The predicted octanol–water partition coefficient (Wildman–Crippen LogP) is 1.92. The molecule has 2 aromatic heterocycles. The summed E-state index contributed by atoms with van der Waals surface area (Å²) in [5.41, 5.74) is 4.68. The van der Waals surface area contributed by atoms with Crippen molar-refractivity contribution in [1.82, 2.24) is 19.5 Å². The fourth-order valence-corrected chi connectivity index (χ4v) is 3.06. The highest BCUT2D eigenvalue weighted by molar-refractivity contribution is 5.69. The van der Waals surface area contributed by atoms with Gasteiger partial charge in [0.2, 0.25) is 0 Å². The molecule has 0 radical (unpaired) electrons. The van der Waals surface area contributed by atoms with Gasteiger partial charge in [-0.2, -0.15) is 5.10 Å². The van der Waals surface area contributed by atoms with Crippen molar-refractivity contribution in [3.63, 3.8) is 0 Å². The molecular formula is C16H23N5. The van der Waals surface area contributed by atoms with Gasteiger partial charge in [-0.25, -0.2) is 9.50 Å². The maximum absolute atomic E-state index is 4.79. The Labute approximate surface area is 125 Å². The van der Waals surface area contributed by atoms with Crippen molar-refractivity contribution in [3.05, 3.63) is 23.7 Å². The molecule has 4 rings (SSSR count). The Morgan fingerprint density at radius 2 is 1.95 bits per heavy atom.